The number of hydrogen-bond acceptors (Lipinski definition) is 3. The SMILES string of the molecule is Cc1ccc(C2=CC(C)C3=C4C2(C)/C(=N/N)N(N)C(c2ccccc2)(c2ccccc2)C4(C)C=CC3C)cc1. The van der Waals surface area contributed by atoms with Crippen LogP contribution in [0.5, 0.6) is 0 Å². The number of hydrazone groups is 1. The molecule has 39 heavy (non-hydrogen) atoms. The zero-order valence-electron chi connectivity index (χ0n) is 23.5. The summed E-state index contributed by atoms with van der Waals surface area (Å²) in [6.07, 6.45) is 7.20. The van der Waals surface area contributed by atoms with Crippen LogP contribution < -0.4 is 11.7 Å². The Kier molecular flexibility index (Phi) is 5.74. The van der Waals surface area contributed by atoms with Gasteiger partial charge < -0.3 is 5.84 Å². The van der Waals surface area contributed by atoms with Crippen molar-refractivity contribution in [1.29, 1.82) is 0 Å². The maximum Gasteiger partial charge on any atom is 0.154 e. The molecule has 3 aromatic carbocycles. The number of rotatable bonds is 3. The highest BCUT2D eigenvalue weighted by Gasteiger charge is 2.68. The molecule has 4 atom stereocenters. The Morgan fingerprint density at radius 1 is 0.795 bits per heavy atom. The van der Waals surface area contributed by atoms with Crippen molar-refractivity contribution in [2.24, 2.45) is 39.5 Å². The highest BCUT2D eigenvalue weighted by molar-refractivity contribution is 6.06. The van der Waals surface area contributed by atoms with E-state index in [-0.39, 0.29) is 11.8 Å². The Hall–Kier alpha value is -3.89. The molecule has 3 aliphatic rings. The van der Waals surface area contributed by atoms with E-state index in [0.717, 1.165) is 11.1 Å². The number of benzene rings is 3. The summed E-state index contributed by atoms with van der Waals surface area (Å²) in [4.78, 5) is 0. The average Bonchev–Trinajstić information content (AvgIpc) is 2.94. The van der Waals surface area contributed by atoms with E-state index in [2.05, 4.69) is 143 Å². The van der Waals surface area contributed by atoms with E-state index in [0.29, 0.717) is 5.84 Å². The number of hydrazine groups is 1. The van der Waals surface area contributed by atoms with Crippen LogP contribution in [-0.4, -0.2) is 10.8 Å². The Labute approximate surface area is 232 Å². The van der Waals surface area contributed by atoms with Crippen LogP contribution in [0.3, 0.4) is 0 Å². The van der Waals surface area contributed by atoms with Crippen LogP contribution in [0.15, 0.2) is 119 Å². The minimum absolute atomic E-state index is 0.247. The van der Waals surface area contributed by atoms with Crippen LogP contribution in [0.25, 0.3) is 5.57 Å². The van der Waals surface area contributed by atoms with Crippen LogP contribution >= 0.6 is 0 Å². The zero-order valence-corrected chi connectivity index (χ0v) is 23.5. The topological polar surface area (TPSA) is 67.6 Å². The van der Waals surface area contributed by atoms with Gasteiger partial charge in [-0.25, -0.2) is 5.84 Å². The second-order valence-corrected chi connectivity index (χ2v) is 11.8. The lowest BCUT2D eigenvalue weighted by Crippen LogP contribution is -2.72. The molecule has 0 amide bonds. The lowest BCUT2D eigenvalue weighted by atomic mass is 9.45. The molecule has 4 nitrogen and oxygen atoms in total. The van der Waals surface area contributed by atoms with Gasteiger partial charge in [-0.15, -0.1) is 0 Å². The fraction of sp³-hybridized carbons (Fsp3) is 0.286. The summed E-state index contributed by atoms with van der Waals surface area (Å²) in [5.74, 6) is 15.0. The number of amidine groups is 1. The first kappa shape index (κ1) is 25.4. The molecule has 1 saturated heterocycles. The van der Waals surface area contributed by atoms with E-state index < -0.39 is 16.4 Å². The summed E-state index contributed by atoms with van der Waals surface area (Å²) >= 11 is 0. The van der Waals surface area contributed by atoms with Gasteiger partial charge in [0.05, 0.1) is 5.41 Å². The van der Waals surface area contributed by atoms with E-state index in [1.54, 1.807) is 0 Å². The van der Waals surface area contributed by atoms with Gasteiger partial charge in [0, 0.05) is 5.41 Å². The van der Waals surface area contributed by atoms with Crippen LogP contribution in [0.4, 0.5) is 0 Å². The third-order valence-corrected chi connectivity index (χ3v) is 9.62. The van der Waals surface area contributed by atoms with Gasteiger partial charge in [0.1, 0.15) is 5.54 Å². The second-order valence-electron chi connectivity index (χ2n) is 11.8. The summed E-state index contributed by atoms with van der Waals surface area (Å²) < 4.78 is 0. The predicted octanol–water partition coefficient (Wildman–Crippen LogP) is 6.95. The number of nitrogens with two attached hydrogens (primary N) is 2. The average molecular weight is 515 g/mol. The molecule has 1 aliphatic heterocycles. The molecular formula is C35H38N4. The van der Waals surface area contributed by atoms with Crippen LogP contribution in [0.2, 0.25) is 0 Å². The maximum absolute atomic E-state index is 7.42. The summed E-state index contributed by atoms with van der Waals surface area (Å²) in [5.41, 5.74) is 6.71. The van der Waals surface area contributed by atoms with Crippen molar-refractivity contribution in [3.05, 3.63) is 137 Å². The van der Waals surface area contributed by atoms with Crippen molar-refractivity contribution < 1.29 is 0 Å². The molecule has 4 heteroatoms. The third-order valence-electron chi connectivity index (χ3n) is 9.62. The third kappa shape index (κ3) is 3.18. The molecule has 198 valence electrons. The van der Waals surface area contributed by atoms with E-state index in [1.807, 2.05) is 5.01 Å². The first-order valence-corrected chi connectivity index (χ1v) is 13.9. The molecule has 0 saturated carbocycles. The normalized spacial score (nSPS) is 30.3. The van der Waals surface area contributed by atoms with Gasteiger partial charge in [0.25, 0.3) is 0 Å². The van der Waals surface area contributed by atoms with Gasteiger partial charge in [-0.05, 0) is 60.4 Å². The molecule has 3 aromatic rings. The molecule has 6 rings (SSSR count). The minimum atomic E-state index is -0.778. The molecule has 2 aliphatic carbocycles. The van der Waals surface area contributed by atoms with Gasteiger partial charge in [-0.1, -0.05) is 128 Å². The molecule has 0 radical (unpaired) electrons. The highest BCUT2D eigenvalue weighted by Crippen LogP contribution is 2.68. The Morgan fingerprint density at radius 2 is 1.36 bits per heavy atom. The van der Waals surface area contributed by atoms with Crippen LogP contribution in [0, 0.1) is 29.6 Å². The smallest absolute Gasteiger partial charge is 0.154 e. The van der Waals surface area contributed by atoms with Crippen molar-refractivity contribution >= 4 is 11.4 Å². The summed E-state index contributed by atoms with van der Waals surface area (Å²) in [6.45, 7) is 11.4. The molecule has 4 N–H and O–H groups in total. The molecular weight excluding hydrogens is 476 g/mol. The first-order chi connectivity index (χ1) is 18.7. The van der Waals surface area contributed by atoms with Gasteiger partial charge in [-0.2, -0.15) is 5.10 Å². The number of nitrogens with zero attached hydrogens (tertiary/aromatic N) is 2. The van der Waals surface area contributed by atoms with E-state index in [9.17, 15) is 0 Å². The number of hydrogen-bond donors (Lipinski definition) is 2. The highest BCUT2D eigenvalue weighted by atomic mass is 15.5. The van der Waals surface area contributed by atoms with Crippen molar-refractivity contribution in [1.82, 2.24) is 5.01 Å². The van der Waals surface area contributed by atoms with Gasteiger partial charge in [0.2, 0.25) is 0 Å². The molecule has 0 aromatic heterocycles. The molecule has 1 fully saturated rings. The first-order valence-electron chi connectivity index (χ1n) is 13.9. The number of piperidine rings is 1. The van der Waals surface area contributed by atoms with Crippen molar-refractivity contribution in [2.45, 2.75) is 40.2 Å². The quantitative estimate of drug-likeness (QED) is 0.226. The largest absolute Gasteiger partial charge is 0.321 e. The maximum atomic E-state index is 7.42. The van der Waals surface area contributed by atoms with E-state index in [4.69, 9.17) is 11.7 Å². The zero-order chi connectivity index (χ0) is 27.6. The van der Waals surface area contributed by atoms with Gasteiger partial charge >= 0.3 is 0 Å². The summed E-state index contributed by atoms with van der Waals surface area (Å²) in [7, 11) is 0. The van der Waals surface area contributed by atoms with Crippen molar-refractivity contribution in [3.63, 3.8) is 0 Å². The summed E-state index contributed by atoms with van der Waals surface area (Å²) in [6, 6.07) is 30.0. The monoisotopic (exact) mass is 514 g/mol. The Morgan fingerprint density at radius 3 is 1.90 bits per heavy atom. The fourth-order valence-electron chi connectivity index (χ4n) is 8.04. The van der Waals surface area contributed by atoms with Crippen LogP contribution in [0.1, 0.15) is 49.9 Å². The number of allylic oxidation sites excluding steroid dienone is 3. The standard InChI is InChI=1S/C35H38N4/c1-23-16-18-26(19-17-23)29-22-25(3)30-24(2)20-21-33(4)31(30)34(29,5)32(38-36)39(37)35(33,27-12-8-6-9-13-27)28-14-10-7-11-15-28/h6-22,24-25H,36-37H2,1-5H3/b38-32-. The molecule has 1 heterocycles. The van der Waals surface area contributed by atoms with E-state index >= 15 is 0 Å². The van der Waals surface area contributed by atoms with Gasteiger partial charge in [-0.3, -0.25) is 5.01 Å². The molecule has 0 spiro atoms. The Bertz CT molecular complexity index is 1490. The number of aryl methyl sites for hydroxylation is 1. The lowest BCUT2D eigenvalue weighted by molar-refractivity contribution is 0.0699. The van der Waals surface area contributed by atoms with Gasteiger partial charge in [0.15, 0.2) is 5.84 Å². The fourth-order valence-corrected chi connectivity index (χ4v) is 8.04. The van der Waals surface area contributed by atoms with Crippen molar-refractivity contribution in [2.75, 3.05) is 0 Å². The summed E-state index contributed by atoms with van der Waals surface area (Å²) in [5, 5.41) is 6.44. The minimum Gasteiger partial charge on any atom is -0.321 e. The van der Waals surface area contributed by atoms with Crippen LogP contribution in [-0.2, 0) is 5.54 Å². The molecule has 0 bridgehead atoms. The van der Waals surface area contributed by atoms with Crippen molar-refractivity contribution in [3.8, 4) is 0 Å². The second kappa shape index (κ2) is 8.82. The van der Waals surface area contributed by atoms with E-state index in [1.165, 1.54) is 27.8 Å². The Balaban J connectivity index is 1.76. The molecule has 4 unspecified atom stereocenters. The predicted molar refractivity (Wildman–Crippen MR) is 161 cm³/mol. The lowest BCUT2D eigenvalue weighted by Gasteiger charge is -2.66.